The molecule has 5 unspecified atom stereocenters. The molecule has 0 spiro atoms. The zero-order valence-electron chi connectivity index (χ0n) is 15.7. The van der Waals surface area contributed by atoms with E-state index < -0.39 is 0 Å². The van der Waals surface area contributed by atoms with Crippen LogP contribution in [0.1, 0.15) is 56.7 Å². The van der Waals surface area contributed by atoms with Gasteiger partial charge in [0.1, 0.15) is 12.0 Å². The summed E-state index contributed by atoms with van der Waals surface area (Å²) in [6.45, 7) is 2.87. The van der Waals surface area contributed by atoms with Crippen molar-refractivity contribution in [2.24, 2.45) is 11.0 Å². The number of anilines is 1. The second kappa shape index (κ2) is 6.18. The number of imidazole rings is 1. The molecule has 0 radical (unpaired) electrons. The molecule has 1 saturated carbocycles. The Hall–Kier alpha value is -2.13. The number of ether oxygens (including phenoxy) is 1. The van der Waals surface area contributed by atoms with Crippen molar-refractivity contribution in [3.8, 4) is 0 Å². The number of rotatable bonds is 1. The van der Waals surface area contributed by atoms with Crippen molar-refractivity contribution in [3.63, 3.8) is 0 Å². The van der Waals surface area contributed by atoms with Gasteiger partial charge in [-0.25, -0.2) is 4.98 Å². The third kappa shape index (κ3) is 2.23. The van der Waals surface area contributed by atoms with Crippen LogP contribution in [0.3, 0.4) is 0 Å². The molecule has 10 heteroatoms. The van der Waals surface area contributed by atoms with Crippen molar-refractivity contribution in [2.75, 3.05) is 11.5 Å². The van der Waals surface area contributed by atoms with Crippen molar-refractivity contribution in [1.29, 1.82) is 0 Å². The third-order valence-electron chi connectivity index (χ3n) is 6.81. The molecular weight excluding hydrogens is 380 g/mol. The fraction of sp³-hybridized carbons (Fsp3) is 0.667. The Labute approximate surface area is 167 Å². The van der Waals surface area contributed by atoms with Crippen molar-refractivity contribution < 1.29 is 4.74 Å². The van der Waals surface area contributed by atoms with Crippen molar-refractivity contribution in [3.05, 3.63) is 23.4 Å². The van der Waals surface area contributed by atoms with E-state index in [1.54, 1.807) is 0 Å². The molecule has 3 aliphatic heterocycles. The van der Waals surface area contributed by atoms with Gasteiger partial charge in [-0.2, -0.15) is 4.68 Å². The maximum Gasteiger partial charge on any atom is 0.252 e. The first-order valence-electron chi connectivity index (χ1n) is 10.1. The number of hydrazone groups is 1. The molecule has 1 N–H and O–H groups in total. The first kappa shape index (κ1) is 16.8. The summed E-state index contributed by atoms with van der Waals surface area (Å²) in [6, 6.07) is 0.362. The number of fused-ring (bicyclic) bond motifs is 6. The molecule has 28 heavy (non-hydrogen) atoms. The highest BCUT2D eigenvalue weighted by Crippen LogP contribution is 2.47. The van der Waals surface area contributed by atoms with Crippen LogP contribution in [0.2, 0.25) is 5.28 Å². The zero-order chi connectivity index (χ0) is 18.8. The van der Waals surface area contributed by atoms with Gasteiger partial charge in [0.05, 0.1) is 24.2 Å². The maximum absolute atomic E-state index is 6.51. The number of hydrogen-bond acceptors (Lipinski definition) is 7. The SMILES string of the molecule is CC1OCCC1c1cnnn1C1=NNC2C3CCCCC3n3c(cnc3Cl)N12. The minimum atomic E-state index is 0.0925. The van der Waals surface area contributed by atoms with Gasteiger partial charge in [-0.05, 0) is 37.8 Å². The van der Waals surface area contributed by atoms with E-state index in [0.717, 1.165) is 43.3 Å². The Balaban J connectivity index is 1.44. The Kier molecular flexibility index (Phi) is 3.71. The monoisotopic (exact) mass is 402 g/mol. The lowest BCUT2D eigenvalue weighted by Crippen LogP contribution is -2.55. The summed E-state index contributed by atoms with van der Waals surface area (Å²) >= 11 is 6.51. The quantitative estimate of drug-likeness (QED) is 0.787. The zero-order valence-corrected chi connectivity index (χ0v) is 16.5. The van der Waals surface area contributed by atoms with Crippen LogP contribution in [-0.4, -0.2) is 49.4 Å². The van der Waals surface area contributed by atoms with Crippen LogP contribution in [0.5, 0.6) is 0 Å². The van der Waals surface area contributed by atoms with E-state index in [9.17, 15) is 0 Å². The van der Waals surface area contributed by atoms with Gasteiger partial charge in [0.2, 0.25) is 5.28 Å². The molecule has 4 aliphatic rings. The van der Waals surface area contributed by atoms with Crippen molar-refractivity contribution in [2.45, 2.75) is 63.3 Å². The van der Waals surface area contributed by atoms with Gasteiger partial charge in [0.15, 0.2) is 0 Å². The third-order valence-corrected chi connectivity index (χ3v) is 7.09. The second-order valence-electron chi connectivity index (χ2n) is 8.17. The average Bonchev–Trinajstić information content (AvgIpc) is 3.46. The second-order valence-corrected chi connectivity index (χ2v) is 8.51. The van der Waals surface area contributed by atoms with E-state index in [4.69, 9.17) is 21.4 Å². The van der Waals surface area contributed by atoms with Crippen molar-refractivity contribution in [1.82, 2.24) is 30.0 Å². The van der Waals surface area contributed by atoms with Gasteiger partial charge in [0.25, 0.3) is 5.96 Å². The number of halogens is 1. The summed E-state index contributed by atoms with van der Waals surface area (Å²) in [6.07, 6.45) is 9.62. The highest BCUT2D eigenvalue weighted by molar-refractivity contribution is 6.28. The highest BCUT2D eigenvalue weighted by Gasteiger charge is 2.48. The molecule has 9 nitrogen and oxygen atoms in total. The lowest BCUT2D eigenvalue weighted by molar-refractivity contribution is 0.117. The molecule has 0 amide bonds. The van der Waals surface area contributed by atoms with Gasteiger partial charge < -0.3 is 4.74 Å². The summed E-state index contributed by atoms with van der Waals surface area (Å²) in [5, 5.41) is 13.8. The smallest absolute Gasteiger partial charge is 0.252 e. The lowest BCUT2D eigenvalue weighted by Gasteiger charge is -2.45. The fourth-order valence-corrected chi connectivity index (χ4v) is 5.72. The summed E-state index contributed by atoms with van der Waals surface area (Å²) in [7, 11) is 0. The van der Waals surface area contributed by atoms with Crippen LogP contribution in [-0.2, 0) is 4.74 Å². The van der Waals surface area contributed by atoms with Gasteiger partial charge in [0, 0.05) is 24.5 Å². The van der Waals surface area contributed by atoms with Crippen molar-refractivity contribution >= 4 is 23.4 Å². The molecule has 148 valence electrons. The topological polar surface area (TPSA) is 85.4 Å². The van der Waals surface area contributed by atoms with Crippen LogP contribution in [0, 0.1) is 5.92 Å². The Morgan fingerprint density at radius 1 is 1.21 bits per heavy atom. The number of aromatic nitrogens is 5. The fourth-order valence-electron chi connectivity index (χ4n) is 5.46. The minimum Gasteiger partial charge on any atom is -0.378 e. The Bertz CT molecular complexity index is 938. The van der Waals surface area contributed by atoms with E-state index >= 15 is 0 Å². The summed E-state index contributed by atoms with van der Waals surface area (Å²) in [4.78, 5) is 6.61. The molecule has 5 atom stereocenters. The largest absolute Gasteiger partial charge is 0.378 e. The summed E-state index contributed by atoms with van der Waals surface area (Å²) in [5.74, 6) is 2.39. The molecule has 5 heterocycles. The van der Waals surface area contributed by atoms with E-state index in [1.165, 1.54) is 12.8 Å². The molecular formula is C18H23ClN8O. The highest BCUT2D eigenvalue weighted by atomic mass is 35.5. The van der Waals surface area contributed by atoms with E-state index in [2.05, 4.69) is 37.1 Å². The van der Waals surface area contributed by atoms with E-state index in [0.29, 0.717) is 17.2 Å². The number of nitrogens with zero attached hydrogens (tertiary/aromatic N) is 7. The average molecular weight is 403 g/mol. The first-order valence-corrected chi connectivity index (χ1v) is 10.5. The molecule has 2 aromatic rings. The predicted octanol–water partition coefficient (Wildman–Crippen LogP) is 2.32. The minimum absolute atomic E-state index is 0.0925. The standard InChI is InChI=1S/C18H23ClN8O/c1-10-11(6-7-28-10)14-8-21-24-27(14)18-23-22-16-12-4-2-3-5-13(12)25-15(26(16)18)9-20-17(25)19/h8-13,16,22H,2-7H2,1H3. The number of nitrogens with one attached hydrogen (secondary N) is 1. The molecule has 0 aromatic carbocycles. The Morgan fingerprint density at radius 3 is 2.96 bits per heavy atom. The van der Waals surface area contributed by atoms with Crippen LogP contribution in [0.4, 0.5) is 5.82 Å². The normalized spacial score (nSPS) is 33.9. The van der Waals surface area contributed by atoms with Gasteiger partial charge in [-0.1, -0.05) is 18.1 Å². The van der Waals surface area contributed by atoms with Gasteiger partial charge in [-0.15, -0.1) is 10.2 Å². The molecule has 2 aromatic heterocycles. The van der Waals surface area contributed by atoms with Crippen LogP contribution in [0.25, 0.3) is 0 Å². The first-order chi connectivity index (χ1) is 13.7. The summed E-state index contributed by atoms with van der Waals surface area (Å²) in [5.41, 5.74) is 4.42. The Morgan fingerprint density at radius 2 is 2.11 bits per heavy atom. The van der Waals surface area contributed by atoms with Crippen LogP contribution >= 0.6 is 11.6 Å². The molecule has 1 aliphatic carbocycles. The van der Waals surface area contributed by atoms with Gasteiger partial charge >= 0.3 is 0 Å². The predicted molar refractivity (Wildman–Crippen MR) is 103 cm³/mol. The number of hydrogen-bond donors (Lipinski definition) is 1. The van der Waals surface area contributed by atoms with Crippen LogP contribution < -0.4 is 10.3 Å². The summed E-state index contributed by atoms with van der Waals surface area (Å²) < 4.78 is 9.82. The van der Waals surface area contributed by atoms with E-state index in [-0.39, 0.29) is 18.2 Å². The van der Waals surface area contributed by atoms with E-state index in [1.807, 2.05) is 17.1 Å². The molecule has 1 saturated heterocycles. The van der Waals surface area contributed by atoms with Gasteiger partial charge in [-0.3, -0.25) is 14.9 Å². The molecule has 6 rings (SSSR count). The lowest BCUT2D eigenvalue weighted by atomic mass is 9.80. The molecule has 2 fully saturated rings. The maximum atomic E-state index is 6.51. The molecule has 0 bridgehead atoms. The van der Waals surface area contributed by atoms with Crippen LogP contribution in [0.15, 0.2) is 17.5 Å².